The summed E-state index contributed by atoms with van der Waals surface area (Å²) in [4.78, 5) is 41.7. The number of ether oxygens (including phenoxy) is 2. The normalized spacial score (nSPS) is 21.9. The van der Waals surface area contributed by atoms with Crippen molar-refractivity contribution in [3.05, 3.63) is 58.6 Å². The SMILES string of the molecule is CC(C)(C)[Si](C)(C)OC[C@H]1O[C@@H](n2ccc(NC(=O)c3ccccc3)nc2=O)[C@H](O[Si](C)(C)C(C)(C)C)[C@@H]1OC=O. The van der Waals surface area contributed by atoms with Gasteiger partial charge in [-0.2, -0.15) is 4.98 Å². The van der Waals surface area contributed by atoms with E-state index in [2.05, 4.69) is 78.0 Å². The smallest absolute Gasteiger partial charge is 0.351 e. The highest BCUT2D eigenvalue weighted by molar-refractivity contribution is 6.74. The van der Waals surface area contributed by atoms with E-state index in [0.717, 1.165) is 0 Å². The van der Waals surface area contributed by atoms with Crippen molar-refractivity contribution >= 4 is 34.8 Å². The average Bonchev–Trinajstić information content (AvgIpc) is 3.18. The van der Waals surface area contributed by atoms with Crippen molar-refractivity contribution in [2.45, 2.75) is 102 Å². The third-order valence-corrected chi connectivity index (χ3v) is 17.5. The molecule has 0 aliphatic carbocycles. The van der Waals surface area contributed by atoms with Crippen LogP contribution in [0.1, 0.15) is 58.1 Å². The number of benzene rings is 1. The quantitative estimate of drug-likeness (QED) is 0.285. The summed E-state index contributed by atoms with van der Waals surface area (Å²) in [6.07, 6.45) is -1.67. The second-order valence-electron chi connectivity index (χ2n) is 13.5. The van der Waals surface area contributed by atoms with E-state index in [0.29, 0.717) is 12.0 Å². The first-order valence-electron chi connectivity index (χ1n) is 13.9. The van der Waals surface area contributed by atoms with Gasteiger partial charge < -0.3 is 23.6 Å². The van der Waals surface area contributed by atoms with Gasteiger partial charge in [-0.25, -0.2) is 4.79 Å². The number of hydrogen-bond acceptors (Lipinski definition) is 8. The van der Waals surface area contributed by atoms with Crippen LogP contribution >= 0.6 is 0 Å². The van der Waals surface area contributed by atoms with Crippen molar-refractivity contribution in [1.82, 2.24) is 9.55 Å². The minimum atomic E-state index is -2.42. The molecule has 0 unspecified atom stereocenters. The first kappa shape index (κ1) is 32.9. The van der Waals surface area contributed by atoms with Crippen molar-refractivity contribution in [2.24, 2.45) is 0 Å². The standard InChI is InChI=1S/C29H45N3O7Si2/c1-28(2,3)40(7,8)37-18-21-23(36-19-33)24(39-41(9,10)29(4,5)6)26(38-21)32-17-16-22(31-27(32)35)30-25(34)20-14-12-11-13-15-20/h11-17,19,21,23-24,26H,18H2,1-10H3,(H,30,31,34,35)/t21-,23-,24-,26-/m1/s1. The Bertz CT molecular complexity index is 1270. The Morgan fingerprint density at radius 3 is 2.15 bits per heavy atom. The molecule has 2 heterocycles. The summed E-state index contributed by atoms with van der Waals surface area (Å²) in [5, 5.41) is 2.46. The van der Waals surface area contributed by atoms with Crippen LogP contribution in [0.2, 0.25) is 36.3 Å². The molecule has 1 saturated heterocycles. The number of carbonyl (C=O) groups excluding carboxylic acids is 2. The first-order valence-corrected chi connectivity index (χ1v) is 19.7. The zero-order chi connectivity index (χ0) is 30.8. The topological polar surface area (TPSA) is 118 Å². The van der Waals surface area contributed by atoms with Crippen molar-refractivity contribution in [3.63, 3.8) is 0 Å². The lowest BCUT2D eigenvalue weighted by atomic mass is 10.1. The molecule has 1 aromatic heterocycles. The Morgan fingerprint density at radius 2 is 1.61 bits per heavy atom. The van der Waals surface area contributed by atoms with Gasteiger partial charge in [-0.3, -0.25) is 14.2 Å². The zero-order valence-electron chi connectivity index (χ0n) is 25.9. The fraction of sp³-hybridized carbons (Fsp3) is 0.586. The molecule has 1 aliphatic heterocycles. The number of hydrogen-bond donors (Lipinski definition) is 1. The third kappa shape index (κ3) is 7.60. The van der Waals surface area contributed by atoms with Crippen LogP contribution in [-0.4, -0.2) is 63.5 Å². The van der Waals surface area contributed by atoms with E-state index in [9.17, 15) is 14.4 Å². The zero-order valence-corrected chi connectivity index (χ0v) is 27.9. The highest BCUT2D eigenvalue weighted by Gasteiger charge is 2.53. The van der Waals surface area contributed by atoms with Gasteiger partial charge >= 0.3 is 5.69 Å². The van der Waals surface area contributed by atoms with E-state index in [4.69, 9.17) is 18.3 Å². The number of amides is 1. The van der Waals surface area contributed by atoms with Crippen LogP contribution in [0.5, 0.6) is 0 Å². The third-order valence-electron chi connectivity index (χ3n) is 8.53. The molecule has 10 nitrogen and oxygen atoms in total. The molecular formula is C29H45N3O7Si2. The fourth-order valence-corrected chi connectivity index (χ4v) is 6.20. The second kappa shape index (κ2) is 12.3. The van der Waals surface area contributed by atoms with Crippen molar-refractivity contribution in [1.29, 1.82) is 0 Å². The van der Waals surface area contributed by atoms with Gasteiger partial charge in [-0.1, -0.05) is 59.7 Å². The molecule has 2 aromatic rings. The first-order chi connectivity index (χ1) is 18.9. The molecule has 1 amide bonds. The van der Waals surface area contributed by atoms with Gasteiger partial charge in [0.05, 0.1) is 6.61 Å². The lowest BCUT2D eigenvalue weighted by molar-refractivity contribution is -0.140. The summed E-state index contributed by atoms with van der Waals surface area (Å²) in [6.45, 7) is 21.8. The Labute approximate surface area is 245 Å². The Kier molecular flexibility index (Phi) is 9.86. The Balaban J connectivity index is 1.96. The molecule has 1 fully saturated rings. The van der Waals surface area contributed by atoms with E-state index >= 15 is 0 Å². The average molecular weight is 604 g/mol. The molecule has 1 aromatic carbocycles. The van der Waals surface area contributed by atoms with Gasteiger partial charge in [-0.15, -0.1) is 0 Å². The fourth-order valence-electron chi connectivity index (χ4n) is 3.90. The molecular weight excluding hydrogens is 559 g/mol. The molecule has 0 bridgehead atoms. The van der Waals surface area contributed by atoms with Crippen LogP contribution in [-0.2, 0) is 23.1 Å². The predicted molar refractivity (Wildman–Crippen MR) is 163 cm³/mol. The second-order valence-corrected chi connectivity index (χ2v) is 23.1. The van der Waals surface area contributed by atoms with E-state index in [1.54, 1.807) is 24.3 Å². The largest absolute Gasteiger partial charge is 0.459 e. The van der Waals surface area contributed by atoms with E-state index < -0.39 is 46.9 Å². The molecule has 0 spiro atoms. The monoisotopic (exact) mass is 603 g/mol. The van der Waals surface area contributed by atoms with Crippen LogP contribution < -0.4 is 11.0 Å². The van der Waals surface area contributed by atoms with E-state index in [1.165, 1.54) is 16.8 Å². The van der Waals surface area contributed by atoms with E-state index in [1.807, 2.05) is 6.07 Å². The lowest BCUT2D eigenvalue weighted by Gasteiger charge is -2.40. The van der Waals surface area contributed by atoms with Crippen LogP contribution in [0, 0.1) is 0 Å². The summed E-state index contributed by atoms with van der Waals surface area (Å²) in [5.41, 5.74) is -0.195. The summed E-state index contributed by atoms with van der Waals surface area (Å²) >= 11 is 0. The molecule has 226 valence electrons. The van der Waals surface area contributed by atoms with Crippen molar-refractivity contribution < 1.29 is 27.9 Å². The number of rotatable bonds is 10. The number of nitrogens with one attached hydrogen (secondary N) is 1. The van der Waals surface area contributed by atoms with Crippen LogP contribution in [0.3, 0.4) is 0 Å². The summed E-state index contributed by atoms with van der Waals surface area (Å²) in [7, 11) is -4.59. The number of nitrogens with zero attached hydrogens (tertiary/aromatic N) is 2. The van der Waals surface area contributed by atoms with Crippen molar-refractivity contribution in [3.8, 4) is 0 Å². The maximum atomic E-state index is 13.3. The van der Waals surface area contributed by atoms with Crippen LogP contribution in [0.4, 0.5) is 5.82 Å². The summed E-state index contributed by atoms with van der Waals surface area (Å²) in [5.74, 6) is -0.271. The van der Waals surface area contributed by atoms with Gasteiger partial charge in [0.25, 0.3) is 12.4 Å². The van der Waals surface area contributed by atoms with Crippen LogP contribution in [0.15, 0.2) is 47.4 Å². The number of anilines is 1. The number of carbonyl (C=O) groups is 2. The van der Waals surface area contributed by atoms with Crippen LogP contribution in [0.25, 0.3) is 0 Å². The minimum absolute atomic E-state index is 0.0378. The molecule has 0 saturated carbocycles. The molecule has 4 atom stereocenters. The molecule has 1 aliphatic rings. The number of aromatic nitrogens is 2. The lowest BCUT2D eigenvalue weighted by Crippen LogP contribution is -2.50. The molecule has 0 radical (unpaired) electrons. The van der Waals surface area contributed by atoms with Gasteiger partial charge in [0.2, 0.25) is 0 Å². The highest BCUT2D eigenvalue weighted by Crippen LogP contribution is 2.43. The molecule has 12 heteroatoms. The van der Waals surface area contributed by atoms with Gasteiger partial charge in [-0.05, 0) is 54.5 Å². The molecule has 1 N–H and O–H groups in total. The maximum Gasteiger partial charge on any atom is 0.351 e. The van der Waals surface area contributed by atoms with Crippen molar-refractivity contribution in [2.75, 3.05) is 11.9 Å². The molecule has 3 rings (SSSR count). The minimum Gasteiger partial charge on any atom is -0.459 e. The molecule has 41 heavy (non-hydrogen) atoms. The summed E-state index contributed by atoms with van der Waals surface area (Å²) in [6, 6.07) is 10.2. The maximum absolute atomic E-state index is 13.3. The van der Waals surface area contributed by atoms with Gasteiger partial charge in [0.15, 0.2) is 29.0 Å². The highest BCUT2D eigenvalue weighted by atomic mass is 28.4. The summed E-state index contributed by atoms with van der Waals surface area (Å²) < 4.78 is 26.5. The Morgan fingerprint density at radius 1 is 1.00 bits per heavy atom. The van der Waals surface area contributed by atoms with Gasteiger partial charge in [0.1, 0.15) is 18.0 Å². The predicted octanol–water partition coefficient (Wildman–Crippen LogP) is 5.35. The van der Waals surface area contributed by atoms with Gasteiger partial charge in [0, 0.05) is 11.8 Å². The van der Waals surface area contributed by atoms with E-state index in [-0.39, 0.29) is 28.4 Å². The Hall–Kier alpha value is -2.65.